The Labute approximate surface area is 151 Å². The van der Waals surface area contributed by atoms with Crippen molar-refractivity contribution in [2.45, 2.75) is 44.2 Å². The van der Waals surface area contributed by atoms with Gasteiger partial charge in [0.05, 0.1) is 23.2 Å². The molecular weight excluding hydrogens is 351 g/mol. The second kappa shape index (κ2) is 7.40. The maximum absolute atomic E-state index is 12.9. The van der Waals surface area contributed by atoms with E-state index < -0.39 is 6.04 Å². The summed E-state index contributed by atoms with van der Waals surface area (Å²) in [5, 5.41) is 10.0. The standard InChI is InChI=1S/C17H20Cl2N2O3/c18-11-4-5-13(19)14(9-11)21-16(23)10-15(17(21)24)20-7-2-1-3-12(20)6-8-22/h4-5,9,12,15,22H,1-3,6-8,10H2/t12-,15-/m0/s1. The van der Waals surface area contributed by atoms with Crippen molar-refractivity contribution in [2.75, 3.05) is 18.1 Å². The van der Waals surface area contributed by atoms with Gasteiger partial charge < -0.3 is 5.11 Å². The quantitative estimate of drug-likeness (QED) is 0.827. The minimum absolute atomic E-state index is 0.0832. The van der Waals surface area contributed by atoms with E-state index in [-0.39, 0.29) is 30.9 Å². The van der Waals surface area contributed by atoms with E-state index in [1.165, 1.54) is 0 Å². The van der Waals surface area contributed by atoms with E-state index in [4.69, 9.17) is 23.2 Å². The number of nitrogens with zero attached hydrogens (tertiary/aromatic N) is 2. The Morgan fingerprint density at radius 2 is 2.00 bits per heavy atom. The number of benzene rings is 1. The molecule has 0 radical (unpaired) electrons. The van der Waals surface area contributed by atoms with Crippen LogP contribution < -0.4 is 4.90 Å². The second-order valence-corrected chi connectivity index (χ2v) is 7.13. The Balaban J connectivity index is 1.87. The summed E-state index contributed by atoms with van der Waals surface area (Å²) in [7, 11) is 0. The maximum Gasteiger partial charge on any atom is 0.251 e. The van der Waals surface area contributed by atoms with Gasteiger partial charge in [-0.3, -0.25) is 14.5 Å². The third kappa shape index (κ3) is 3.31. The molecule has 2 amide bonds. The second-order valence-electron chi connectivity index (χ2n) is 6.28. The number of hydrogen-bond acceptors (Lipinski definition) is 4. The van der Waals surface area contributed by atoms with Crippen LogP contribution in [-0.4, -0.2) is 47.1 Å². The fourth-order valence-corrected chi connectivity index (χ4v) is 4.05. The van der Waals surface area contributed by atoms with Gasteiger partial charge in [-0.25, -0.2) is 4.90 Å². The van der Waals surface area contributed by atoms with Gasteiger partial charge >= 0.3 is 0 Å². The molecule has 1 aromatic rings. The molecule has 0 unspecified atom stereocenters. The van der Waals surface area contributed by atoms with Gasteiger partial charge in [0.25, 0.3) is 5.91 Å². The van der Waals surface area contributed by atoms with Crippen molar-refractivity contribution in [3.05, 3.63) is 28.2 Å². The number of aliphatic hydroxyl groups excluding tert-OH is 1. The fraction of sp³-hybridized carbons (Fsp3) is 0.529. The number of rotatable bonds is 4. The Kier molecular flexibility index (Phi) is 5.45. The topological polar surface area (TPSA) is 60.9 Å². The van der Waals surface area contributed by atoms with Crippen LogP contribution >= 0.6 is 23.2 Å². The van der Waals surface area contributed by atoms with Crippen molar-refractivity contribution in [2.24, 2.45) is 0 Å². The zero-order valence-electron chi connectivity index (χ0n) is 13.3. The first-order valence-corrected chi connectivity index (χ1v) is 8.97. The van der Waals surface area contributed by atoms with Crippen molar-refractivity contribution >= 4 is 40.7 Å². The van der Waals surface area contributed by atoms with Crippen LogP contribution in [0.3, 0.4) is 0 Å². The number of hydrogen-bond donors (Lipinski definition) is 1. The Hall–Kier alpha value is -1.14. The Morgan fingerprint density at radius 3 is 2.75 bits per heavy atom. The normalized spacial score (nSPS) is 25.5. The molecule has 7 heteroatoms. The number of halogens is 2. The van der Waals surface area contributed by atoms with Crippen LogP contribution in [-0.2, 0) is 9.59 Å². The largest absolute Gasteiger partial charge is 0.396 e. The molecule has 0 spiro atoms. The van der Waals surface area contributed by atoms with Crippen LogP contribution in [0.25, 0.3) is 0 Å². The van der Waals surface area contributed by atoms with Crippen LogP contribution in [0.5, 0.6) is 0 Å². The average molecular weight is 371 g/mol. The van der Waals surface area contributed by atoms with Crippen LogP contribution in [0.15, 0.2) is 18.2 Å². The minimum Gasteiger partial charge on any atom is -0.396 e. The average Bonchev–Trinajstić information content (AvgIpc) is 2.85. The van der Waals surface area contributed by atoms with Crippen LogP contribution in [0, 0.1) is 0 Å². The number of aliphatic hydroxyl groups is 1. The summed E-state index contributed by atoms with van der Waals surface area (Å²) in [4.78, 5) is 28.7. The summed E-state index contributed by atoms with van der Waals surface area (Å²) in [6.45, 7) is 0.853. The first-order chi connectivity index (χ1) is 11.5. The lowest BCUT2D eigenvalue weighted by Gasteiger charge is -2.38. The first-order valence-electron chi connectivity index (χ1n) is 8.21. The number of likely N-dealkylation sites (tertiary alicyclic amines) is 1. The molecule has 0 saturated carbocycles. The van der Waals surface area contributed by atoms with Gasteiger partial charge in [0.15, 0.2) is 0 Å². The summed E-state index contributed by atoms with van der Waals surface area (Å²) in [5.74, 6) is -0.517. The molecule has 3 rings (SSSR count). The summed E-state index contributed by atoms with van der Waals surface area (Å²) in [6, 6.07) is 4.41. The van der Waals surface area contributed by atoms with Gasteiger partial charge in [0.2, 0.25) is 5.91 Å². The van der Waals surface area contributed by atoms with Gasteiger partial charge in [-0.1, -0.05) is 29.6 Å². The van der Waals surface area contributed by atoms with Crippen LogP contribution in [0.1, 0.15) is 32.1 Å². The van der Waals surface area contributed by atoms with E-state index in [9.17, 15) is 14.7 Å². The van der Waals surface area contributed by atoms with Crippen molar-refractivity contribution < 1.29 is 14.7 Å². The number of anilines is 1. The molecule has 2 heterocycles. The molecule has 1 aromatic carbocycles. The molecule has 1 N–H and O–H groups in total. The summed E-state index contributed by atoms with van der Waals surface area (Å²) in [6.07, 6.45) is 3.79. The molecule has 0 aliphatic carbocycles. The van der Waals surface area contributed by atoms with Gasteiger partial charge in [0.1, 0.15) is 0 Å². The molecule has 2 aliphatic rings. The lowest BCUT2D eigenvalue weighted by molar-refractivity contribution is -0.123. The van der Waals surface area contributed by atoms with Crippen molar-refractivity contribution in [1.82, 2.24) is 4.90 Å². The van der Waals surface area contributed by atoms with Gasteiger partial charge in [0, 0.05) is 17.7 Å². The van der Waals surface area contributed by atoms with E-state index in [0.29, 0.717) is 22.2 Å². The number of imide groups is 1. The predicted octanol–water partition coefficient (Wildman–Crippen LogP) is 2.86. The monoisotopic (exact) mass is 370 g/mol. The predicted molar refractivity (Wildman–Crippen MR) is 93.4 cm³/mol. The van der Waals surface area contributed by atoms with E-state index in [0.717, 1.165) is 30.7 Å². The highest BCUT2D eigenvalue weighted by Crippen LogP contribution is 2.35. The lowest BCUT2D eigenvalue weighted by atomic mass is 9.97. The zero-order chi connectivity index (χ0) is 17.3. The molecule has 5 nitrogen and oxygen atoms in total. The Morgan fingerprint density at radius 1 is 1.21 bits per heavy atom. The van der Waals surface area contributed by atoms with Gasteiger partial charge in [-0.2, -0.15) is 0 Å². The van der Waals surface area contributed by atoms with E-state index >= 15 is 0 Å². The molecule has 130 valence electrons. The number of carbonyl (C=O) groups excluding carboxylic acids is 2. The lowest BCUT2D eigenvalue weighted by Crippen LogP contribution is -2.50. The van der Waals surface area contributed by atoms with E-state index in [1.807, 2.05) is 0 Å². The molecule has 24 heavy (non-hydrogen) atoms. The number of amides is 2. The number of carbonyl (C=O) groups is 2. The molecule has 0 aromatic heterocycles. The van der Waals surface area contributed by atoms with Crippen molar-refractivity contribution in [1.29, 1.82) is 0 Å². The van der Waals surface area contributed by atoms with Crippen molar-refractivity contribution in [3.8, 4) is 0 Å². The number of piperidine rings is 1. The first kappa shape index (κ1) is 17.7. The molecular formula is C17H20Cl2N2O3. The highest BCUT2D eigenvalue weighted by molar-refractivity contribution is 6.37. The van der Waals surface area contributed by atoms with Gasteiger partial charge in [-0.05, 0) is 44.0 Å². The fourth-order valence-electron chi connectivity index (χ4n) is 3.68. The summed E-state index contributed by atoms with van der Waals surface area (Å²) < 4.78 is 0. The van der Waals surface area contributed by atoms with Gasteiger partial charge in [-0.15, -0.1) is 0 Å². The molecule has 2 atom stereocenters. The maximum atomic E-state index is 12.9. The van der Waals surface area contributed by atoms with E-state index in [1.54, 1.807) is 18.2 Å². The molecule has 2 aliphatic heterocycles. The zero-order valence-corrected chi connectivity index (χ0v) is 14.8. The smallest absolute Gasteiger partial charge is 0.251 e. The van der Waals surface area contributed by atoms with Crippen LogP contribution in [0.2, 0.25) is 10.0 Å². The highest BCUT2D eigenvalue weighted by atomic mass is 35.5. The summed E-state index contributed by atoms with van der Waals surface area (Å²) in [5.41, 5.74) is 0.345. The minimum atomic E-state index is -0.482. The van der Waals surface area contributed by atoms with E-state index in [2.05, 4.69) is 4.90 Å². The molecule has 2 fully saturated rings. The third-order valence-electron chi connectivity index (χ3n) is 4.81. The highest BCUT2D eigenvalue weighted by Gasteiger charge is 2.45. The molecule has 0 bridgehead atoms. The van der Waals surface area contributed by atoms with Crippen LogP contribution in [0.4, 0.5) is 5.69 Å². The third-order valence-corrected chi connectivity index (χ3v) is 5.36. The SMILES string of the molecule is O=C1C[C@H](N2CCCC[C@H]2CCO)C(=O)N1c1cc(Cl)ccc1Cl. The van der Waals surface area contributed by atoms with Crippen molar-refractivity contribution in [3.63, 3.8) is 0 Å². The summed E-state index contributed by atoms with van der Waals surface area (Å²) >= 11 is 12.2. The Bertz CT molecular complexity index is 651. The molecule has 2 saturated heterocycles.